The smallest absolute Gasteiger partial charge is 0.433 e. The zero-order chi connectivity index (χ0) is 20.7. The third-order valence-corrected chi connectivity index (χ3v) is 6.93. The van der Waals surface area contributed by atoms with E-state index in [0.29, 0.717) is 0 Å². The van der Waals surface area contributed by atoms with Crippen LogP contribution in [0.2, 0.25) is 25.1 Å². The lowest BCUT2D eigenvalue weighted by molar-refractivity contribution is 0.0965. The van der Waals surface area contributed by atoms with Gasteiger partial charge in [0.15, 0.2) is 5.75 Å². The maximum Gasteiger partial charge on any atom is 0.513 e. The molecule has 29 heavy (non-hydrogen) atoms. The lowest BCUT2D eigenvalue weighted by atomic mass is 9.98. The Kier molecular flexibility index (Phi) is 5.87. The van der Waals surface area contributed by atoms with Crippen molar-refractivity contribution in [1.82, 2.24) is 0 Å². The summed E-state index contributed by atoms with van der Waals surface area (Å²) in [6, 6.07) is 16.0. The average Bonchev–Trinajstić information content (AvgIpc) is 3.06. The van der Waals surface area contributed by atoms with Gasteiger partial charge >= 0.3 is 6.16 Å². The number of rotatable bonds is 3. The molecule has 0 aromatic heterocycles. The molecule has 0 bridgehead atoms. The molecule has 148 valence electrons. The fourth-order valence-corrected chi connectivity index (χ4v) is 4.58. The van der Waals surface area contributed by atoms with Gasteiger partial charge in [0, 0.05) is 5.92 Å². The van der Waals surface area contributed by atoms with E-state index in [-0.39, 0.29) is 43.4 Å². The third-order valence-electron chi connectivity index (χ3n) is 4.69. The van der Waals surface area contributed by atoms with Crippen LogP contribution < -0.4 is 4.74 Å². The van der Waals surface area contributed by atoms with E-state index in [9.17, 15) is 4.79 Å². The van der Waals surface area contributed by atoms with Crippen molar-refractivity contribution in [3.05, 3.63) is 84.8 Å². The summed E-state index contributed by atoms with van der Waals surface area (Å²) in [5, 5.41) is -0.407. The van der Waals surface area contributed by atoms with Gasteiger partial charge in [-0.1, -0.05) is 107 Å². The molecule has 1 aliphatic carbocycles. The number of hydrogen-bond donors (Lipinski definition) is 0. The summed E-state index contributed by atoms with van der Waals surface area (Å²) < 4.78 is 10.5. The first-order valence-electron chi connectivity index (χ1n) is 8.44. The van der Waals surface area contributed by atoms with E-state index in [1.807, 2.05) is 48.5 Å². The third kappa shape index (κ3) is 3.67. The highest BCUT2D eigenvalue weighted by atomic mass is 35.5. The van der Waals surface area contributed by atoms with Gasteiger partial charge in [-0.15, -0.1) is 0 Å². The van der Waals surface area contributed by atoms with Gasteiger partial charge in [0.1, 0.15) is 16.7 Å². The van der Waals surface area contributed by atoms with Crippen LogP contribution in [-0.4, -0.2) is 12.8 Å². The molecule has 8 heteroatoms. The number of carbonyl (C=O) groups excluding carboxylic acids is 1. The van der Waals surface area contributed by atoms with Gasteiger partial charge in [-0.2, -0.15) is 0 Å². The summed E-state index contributed by atoms with van der Waals surface area (Å²) in [6.07, 6.45) is -0.981. The fraction of sp³-hybridized carbons (Fsp3) is 0.0952. The standard InChI is InChI=1S/C21H11Cl5O3/c22-15-16(23)18(25)20(19(26)17(15)24)29-21(27)28-9-14-12-7-3-1-5-10(12)11-6-2-4-8-13(11)14/h1-8,14H,9H2. The predicted molar refractivity (Wildman–Crippen MR) is 117 cm³/mol. The minimum absolute atomic E-state index is 0.0248. The highest BCUT2D eigenvalue weighted by molar-refractivity contribution is 6.55. The van der Waals surface area contributed by atoms with Gasteiger partial charge in [-0.3, -0.25) is 0 Å². The van der Waals surface area contributed by atoms with Crippen LogP contribution in [0.5, 0.6) is 5.75 Å². The van der Waals surface area contributed by atoms with Crippen LogP contribution >= 0.6 is 58.0 Å². The van der Waals surface area contributed by atoms with E-state index in [1.165, 1.54) is 0 Å². The Hall–Kier alpha value is -1.62. The molecule has 3 aromatic carbocycles. The average molecular weight is 489 g/mol. The molecule has 0 unspecified atom stereocenters. The lowest BCUT2D eigenvalue weighted by Gasteiger charge is -2.15. The topological polar surface area (TPSA) is 35.5 Å². The number of benzene rings is 3. The second-order valence-corrected chi connectivity index (χ2v) is 8.18. The Morgan fingerprint density at radius 1 is 0.724 bits per heavy atom. The van der Waals surface area contributed by atoms with Gasteiger partial charge in [0.05, 0.1) is 15.1 Å². The van der Waals surface area contributed by atoms with E-state index in [0.717, 1.165) is 22.3 Å². The Bertz CT molecular complexity index is 1050. The van der Waals surface area contributed by atoms with Crippen molar-refractivity contribution in [2.75, 3.05) is 6.61 Å². The number of hydrogen-bond acceptors (Lipinski definition) is 3. The summed E-state index contributed by atoms with van der Waals surface area (Å²) in [5.41, 5.74) is 4.39. The van der Waals surface area contributed by atoms with Crippen LogP contribution in [0.1, 0.15) is 17.0 Å². The lowest BCUT2D eigenvalue weighted by Crippen LogP contribution is -2.16. The molecule has 0 heterocycles. The molecule has 0 spiro atoms. The Labute approximate surface area is 192 Å². The Balaban J connectivity index is 1.55. The van der Waals surface area contributed by atoms with Gasteiger partial charge in [0.25, 0.3) is 0 Å². The molecule has 3 aromatic rings. The SMILES string of the molecule is O=C(OCC1c2ccccc2-c2ccccc21)Oc1c(Cl)c(Cl)c(Cl)c(Cl)c1Cl. The maximum atomic E-state index is 12.3. The fourth-order valence-electron chi connectivity index (χ4n) is 3.38. The summed E-state index contributed by atoms with van der Waals surface area (Å²) in [7, 11) is 0. The molecular weight excluding hydrogens is 477 g/mol. The van der Waals surface area contributed by atoms with Crippen LogP contribution in [0.15, 0.2) is 48.5 Å². The largest absolute Gasteiger partial charge is 0.513 e. The van der Waals surface area contributed by atoms with Gasteiger partial charge in [-0.25, -0.2) is 4.79 Å². The van der Waals surface area contributed by atoms with E-state index in [1.54, 1.807) is 0 Å². The first-order valence-corrected chi connectivity index (χ1v) is 10.3. The zero-order valence-corrected chi connectivity index (χ0v) is 18.3. The van der Waals surface area contributed by atoms with Crippen LogP contribution in [0.4, 0.5) is 4.79 Å². The molecule has 0 saturated carbocycles. The quantitative estimate of drug-likeness (QED) is 0.161. The van der Waals surface area contributed by atoms with Crippen LogP contribution in [0.3, 0.4) is 0 Å². The first-order chi connectivity index (χ1) is 13.9. The summed E-state index contributed by atoms with van der Waals surface area (Å²) in [6.45, 7) is 0.0805. The predicted octanol–water partition coefficient (Wildman–Crippen LogP) is 8.28. The molecular formula is C21H11Cl5O3. The van der Waals surface area contributed by atoms with Crippen molar-refractivity contribution in [3.63, 3.8) is 0 Å². The Morgan fingerprint density at radius 3 is 1.69 bits per heavy atom. The van der Waals surface area contributed by atoms with E-state index >= 15 is 0 Å². The molecule has 0 amide bonds. The molecule has 0 atom stereocenters. The number of fused-ring (bicyclic) bond motifs is 3. The minimum atomic E-state index is -0.981. The molecule has 0 radical (unpaired) electrons. The zero-order valence-electron chi connectivity index (χ0n) is 14.5. The van der Waals surface area contributed by atoms with Crippen molar-refractivity contribution in [2.45, 2.75) is 5.92 Å². The normalized spacial score (nSPS) is 12.4. The minimum Gasteiger partial charge on any atom is -0.433 e. The number of ether oxygens (including phenoxy) is 2. The second-order valence-electron chi connectivity index (χ2n) is 6.29. The number of carbonyl (C=O) groups is 1. The molecule has 4 rings (SSSR count). The van der Waals surface area contributed by atoms with Crippen LogP contribution in [0.25, 0.3) is 11.1 Å². The highest BCUT2D eigenvalue weighted by Gasteiger charge is 2.30. The summed E-state index contributed by atoms with van der Waals surface area (Å²) in [4.78, 5) is 12.3. The molecule has 3 nitrogen and oxygen atoms in total. The van der Waals surface area contributed by atoms with Gasteiger partial charge in [-0.05, 0) is 22.3 Å². The molecule has 0 N–H and O–H groups in total. The monoisotopic (exact) mass is 486 g/mol. The molecule has 0 saturated heterocycles. The van der Waals surface area contributed by atoms with Crippen molar-refractivity contribution in [3.8, 4) is 16.9 Å². The second kappa shape index (κ2) is 8.25. The van der Waals surface area contributed by atoms with E-state index in [2.05, 4.69) is 0 Å². The van der Waals surface area contributed by atoms with Crippen molar-refractivity contribution >= 4 is 64.2 Å². The maximum absolute atomic E-state index is 12.3. The van der Waals surface area contributed by atoms with E-state index in [4.69, 9.17) is 67.5 Å². The van der Waals surface area contributed by atoms with Crippen molar-refractivity contribution in [1.29, 1.82) is 0 Å². The van der Waals surface area contributed by atoms with Crippen molar-refractivity contribution < 1.29 is 14.3 Å². The molecule has 1 aliphatic rings. The van der Waals surface area contributed by atoms with Gasteiger partial charge in [0.2, 0.25) is 0 Å². The summed E-state index contributed by atoms with van der Waals surface area (Å²) >= 11 is 30.1. The Morgan fingerprint density at radius 2 is 1.17 bits per heavy atom. The van der Waals surface area contributed by atoms with Crippen molar-refractivity contribution in [2.24, 2.45) is 0 Å². The van der Waals surface area contributed by atoms with Crippen LogP contribution in [-0.2, 0) is 4.74 Å². The number of halogens is 5. The molecule has 0 fully saturated rings. The summed E-state index contributed by atoms with van der Waals surface area (Å²) in [5.74, 6) is -0.316. The molecule has 0 aliphatic heterocycles. The van der Waals surface area contributed by atoms with Gasteiger partial charge < -0.3 is 9.47 Å². The van der Waals surface area contributed by atoms with Crippen LogP contribution in [0, 0.1) is 0 Å². The highest BCUT2D eigenvalue weighted by Crippen LogP contribution is 2.48. The first kappa shape index (κ1) is 20.6. The van der Waals surface area contributed by atoms with E-state index < -0.39 is 6.16 Å².